The number of imidazole rings is 1. The zero-order chi connectivity index (χ0) is 14.7. The van der Waals surface area contributed by atoms with Crippen LogP contribution < -0.4 is 5.32 Å². The Morgan fingerprint density at radius 3 is 2.95 bits per heavy atom. The fraction of sp³-hybridized carbons (Fsp3) is 0.188. The predicted octanol–water partition coefficient (Wildman–Crippen LogP) is 3.39. The molecule has 0 fully saturated rings. The van der Waals surface area contributed by atoms with E-state index in [2.05, 4.69) is 33.3 Å². The minimum absolute atomic E-state index is 0.000706. The summed E-state index contributed by atoms with van der Waals surface area (Å²) < 4.78 is 0. The maximum Gasteiger partial charge on any atom is 0.145 e. The standard InChI is InChI=1S/C16H15N5/c1-2-13(16-18-7-8-19-16)20-15-12(10-17)9-11-5-3-4-6-14(11)21-15/h3-9,13H,2H2,1H3,(H,18,19)(H,20,21). The van der Waals surface area contributed by atoms with Crippen molar-refractivity contribution in [2.75, 3.05) is 5.32 Å². The third kappa shape index (κ3) is 2.56. The van der Waals surface area contributed by atoms with Crippen LogP contribution in [0.5, 0.6) is 0 Å². The average Bonchev–Trinajstić information content (AvgIpc) is 3.06. The molecule has 0 aliphatic carbocycles. The molecule has 0 amide bonds. The normalized spacial score (nSPS) is 12.0. The molecule has 0 spiro atoms. The number of benzene rings is 1. The number of pyridine rings is 1. The van der Waals surface area contributed by atoms with Crippen LogP contribution in [0.1, 0.15) is 30.8 Å². The van der Waals surface area contributed by atoms with Gasteiger partial charge in [0.1, 0.15) is 17.7 Å². The highest BCUT2D eigenvalue weighted by Crippen LogP contribution is 2.24. The topological polar surface area (TPSA) is 77.4 Å². The van der Waals surface area contributed by atoms with Crippen molar-refractivity contribution in [2.24, 2.45) is 0 Å². The third-order valence-electron chi connectivity index (χ3n) is 3.41. The van der Waals surface area contributed by atoms with E-state index < -0.39 is 0 Å². The molecule has 5 heteroatoms. The number of aromatic amines is 1. The highest BCUT2D eigenvalue weighted by atomic mass is 15.1. The maximum atomic E-state index is 9.34. The number of nitriles is 1. The van der Waals surface area contributed by atoms with E-state index in [0.717, 1.165) is 23.1 Å². The fourth-order valence-corrected chi connectivity index (χ4v) is 2.31. The first kappa shape index (κ1) is 13.1. The lowest BCUT2D eigenvalue weighted by atomic mass is 10.1. The van der Waals surface area contributed by atoms with Crippen LogP contribution in [0.2, 0.25) is 0 Å². The lowest BCUT2D eigenvalue weighted by molar-refractivity contribution is 0.700. The molecule has 3 aromatic rings. The smallest absolute Gasteiger partial charge is 0.145 e. The number of para-hydroxylation sites is 1. The summed E-state index contributed by atoms with van der Waals surface area (Å²) in [5, 5.41) is 13.6. The second-order valence-corrected chi connectivity index (χ2v) is 4.77. The predicted molar refractivity (Wildman–Crippen MR) is 81.7 cm³/mol. The summed E-state index contributed by atoms with van der Waals surface area (Å²) in [6, 6.07) is 11.8. The van der Waals surface area contributed by atoms with Crippen molar-refractivity contribution >= 4 is 16.7 Å². The SMILES string of the molecule is CCC(Nc1nc2ccccc2cc1C#N)c1ncc[nH]1. The van der Waals surface area contributed by atoms with Gasteiger partial charge >= 0.3 is 0 Å². The van der Waals surface area contributed by atoms with Crippen molar-refractivity contribution in [3.8, 4) is 6.07 Å². The molecule has 0 saturated carbocycles. The molecule has 2 aromatic heterocycles. The first-order valence-electron chi connectivity index (χ1n) is 6.87. The van der Waals surface area contributed by atoms with Gasteiger partial charge in [0.2, 0.25) is 0 Å². The minimum Gasteiger partial charge on any atom is -0.359 e. The van der Waals surface area contributed by atoms with Crippen LogP contribution in [0.25, 0.3) is 10.9 Å². The van der Waals surface area contributed by atoms with Crippen molar-refractivity contribution in [3.05, 3.63) is 54.1 Å². The van der Waals surface area contributed by atoms with E-state index >= 15 is 0 Å². The number of H-pyrrole nitrogens is 1. The molecule has 3 rings (SSSR count). The van der Waals surface area contributed by atoms with E-state index in [9.17, 15) is 5.26 Å². The van der Waals surface area contributed by atoms with Crippen LogP contribution >= 0.6 is 0 Å². The molecule has 1 atom stereocenters. The van der Waals surface area contributed by atoms with Gasteiger partial charge in [-0.1, -0.05) is 25.1 Å². The molecule has 0 aliphatic rings. The Bertz CT molecular complexity index is 786. The van der Waals surface area contributed by atoms with Crippen molar-refractivity contribution in [1.29, 1.82) is 5.26 Å². The molecule has 104 valence electrons. The van der Waals surface area contributed by atoms with Gasteiger partial charge in [-0.05, 0) is 18.6 Å². The fourth-order valence-electron chi connectivity index (χ4n) is 2.31. The summed E-state index contributed by atoms with van der Waals surface area (Å²) in [6.07, 6.45) is 4.35. The minimum atomic E-state index is 0.000706. The lowest BCUT2D eigenvalue weighted by Crippen LogP contribution is -2.13. The highest BCUT2D eigenvalue weighted by Gasteiger charge is 2.15. The number of hydrogen-bond acceptors (Lipinski definition) is 4. The quantitative estimate of drug-likeness (QED) is 0.766. The average molecular weight is 277 g/mol. The van der Waals surface area contributed by atoms with Gasteiger partial charge in [-0.25, -0.2) is 9.97 Å². The van der Waals surface area contributed by atoms with Crippen molar-refractivity contribution in [2.45, 2.75) is 19.4 Å². The van der Waals surface area contributed by atoms with Gasteiger partial charge in [-0.3, -0.25) is 0 Å². The number of hydrogen-bond donors (Lipinski definition) is 2. The van der Waals surface area contributed by atoms with Crippen LogP contribution in [0.3, 0.4) is 0 Å². The van der Waals surface area contributed by atoms with Crippen LogP contribution in [0.4, 0.5) is 5.82 Å². The molecular formula is C16H15N5. The van der Waals surface area contributed by atoms with Gasteiger partial charge in [0, 0.05) is 17.8 Å². The van der Waals surface area contributed by atoms with E-state index in [1.165, 1.54) is 0 Å². The van der Waals surface area contributed by atoms with Crippen LogP contribution in [-0.2, 0) is 0 Å². The summed E-state index contributed by atoms with van der Waals surface area (Å²) in [5.41, 5.74) is 1.41. The Kier molecular flexibility index (Phi) is 3.52. The van der Waals surface area contributed by atoms with Gasteiger partial charge in [-0.2, -0.15) is 5.26 Å². The Morgan fingerprint density at radius 2 is 2.24 bits per heavy atom. The molecule has 0 aliphatic heterocycles. The molecule has 5 nitrogen and oxygen atoms in total. The van der Waals surface area contributed by atoms with Gasteiger partial charge < -0.3 is 10.3 Å². The van der Waals surface area contributed by atoms with Gasteiger partial charge in [0.25, 0.3) is 0 Å². The van der Waals surface area contributed by atoms with Crippen LogP contribution in [0.15, 0.2) is 42.7 Å². The number of nitrogens with one attached hydrogen (secondary N) is 2. The van der Waals surface area contributed by atoms with Crippen LogP contribution in [-0.4, -0.2) is 15.0 Å². The molecule has 0 saturated heterocycles. The lowest BCUT2D eigenvalue weighted by Gasteiger charge is -2.16. The van der Waals surface area contributed by atoms with E-state index in [0.29, 0.717) is 11.4 Å². The van der Waals surface area contributed by atoms with E-state index in [1.807, 2.05) is 30.3 Å². The Hall–Kier alpha value is -2.87. The molecule has 2 N–H and O–H groups in total. The highest BCUT2D eigenvalue weighted by molar-refractivity contribution is 5.82. The molecule has 2 heterocycles. The van der Waals surface area contributed by atoms with Crippen LogP contribution in [0, 0.1) is 11.3 Å². The number of rotatable bonds is 4. The monoisotopic (exact) mass is 277 g/mol. The molecule has 21 heavy (non-hydrogen) atoms. The Labute approximate surface area is 122 Å². The number of aromatic nitrogens is 3. The van der Waals surface area contributed by atoms with E-state index in [-0.39, 0.29) is 6.04 Å². The Balaban J connectivity index is 2.01. The Morgan fingerprint density at radius 1 is 1.38 bits per heavy atom. The maximum absolute atomic E-state index is 9.34. The van der Waals surface area contributed by atoms with E-state index in [4.69, 9.17) is 0 Å². The van der Waals surface area contributed by atoms with Gasteiger partial charge in [0.15, 0.2) is 0 Å². The summed E-state index contributed by atoms with van der Waals surface area (Å²) in [5.74, 6) is 1.44. The zero-order valence-corrected chi connectivity index (χ0v) is 11.7. The first-order valence-corrected chi connectivity index (χ1v) is 6.87. The van der Waals surface area contributed by atoms with Gasteiger partial charge in [0.05, 0.1) is 17.1 Å². The summed E-state index contributed by atoms with van der Waals surface area (Å²) in [6.45, 7) is 2.06. The second-order valence-electron chi connectivity index (χ2n) is 4.77. The molecule has 0 radical (unpaired) electrons. The summed E-state index contributed by atoms with van der Waals surface area (Å²) >= 11 is 0. The van der Waals surface area contributed by atoms with Crippen molar-refractivity contribution in [3.63, 3.8) is 0 Å². The largest absolute Gasteiger partial charge is 0.359 e. The third-order valence-corrected chi connectivity index (χ3v) is 3.41. The zero-order valence-electron chi connectivity index (χ0n) is 11.7. The van der Waals surface area contributed by atoms with Crippen molar-refractivity contribution < 1.29 is 0 Å². The second kappa shape index (κ2) is 5.63. The number of fused-ring (bicyclic) bond motifs is 1. The number of anilines is 1. The summed E-state index contributed by atoms with van der Waals surface area (Å²) in [4.78, 5) is 11.9. The van der Waals surface area contributed by atoms with Crippen molar-refractivity contribution in [1.82, 2.24) is 15.0 Å². The molecular weight excluding hydrogens is 262 g/mol. The first-order chi connectivity index (χ1) is 10.3. The molecule has 0 bridgehead atoms. The number of nitrogens with zero attached hydrogens (tertiary/aromatic N) is 3. The van der Waals surface area contributed by atoms with E-state index in [1.54, 1.807) is 12.4 Å². The molecule has 1 unspecified atom stereocenters. The molecule has 1 aromatic carbocycles. The summed E-state index contributed by atoms with van der Waals surface area (Å²) in [7, 11) is 0. The van der Waals surface area contributed by atoms with Gasteiger partial charge in [-0.15, -0.1) is 0 Å².